The highest BCUT2D eigenvalue weighted by Crippen LogP contribution is 2.39. The monoisotopic (exact) mass is 266 g/mol. The summed E-state index contributed by atoms with van der Waals surface area (Å²) in [5.41, 5.74) is 0.465. The second-order valence-electron chi connectivity index (χ2n) is 7.60. The van der Waals surface area contributed by atoms with Crippen LogP contribution < -0.4 is 5.32 Å². The Bertz CT molecular complexity index is 274. The summed E-state index contributed by atoms with van der Waals surface area (Å²) >= 11 is 0. The Morgan fingerprint density at radius 3 is 2.63 bits per heavy atom. The minimum atomic E-state index is 0.465. The van der Waals surface area contributed by atoms with Crippen molar-refractivity contribution in [1.29, 1.82) is 0 Å². The van der Waals surface area contributed by atoms with Crippen LogP contribution in [0.15, 0.2) is 0 Å². The van der Waals surface area contributed by atoms with Crippen LogP contribution in [0.4, 0.5) is 0 Å². The maximum absolute atomic E-state index is 3.64. The van der Waals surface area contributed by atoms with Gasteiger partial charge < -0.3 is 10.2 Å². The van der Waals surface area contributed by atoms with Crippen LogP contribution in [0.5, 0.6) is 0 Å². The maximum Gasteiger partial charge on any atom is 0.0156 e. The predicted octanol–water partition coefficient (Wildman–Crippen LogP) is 3.67. The van der Waals surface area contributed by atoms with E-state index in [4.69, 9.17) is 0 Å². The first-order valence-corrected chi connectivity index (χ1v) is 8.46. The van der Waals surface area contributed by atoms with E-state index >= 15 is 0 Å². The van der Waals surface area contributed by atoms with Crippen LogP contribution in [0.3, 0.4) is 0 Å². The van der Waals surface area contributed by atoms with Crippen molar-refractivity contribution in [2.24, 2.45) is 11.3 Å². The summed E-state index contributed by atoms with van der Waals surface area (Å²) < 4.78 is 0. The molecular weight excluding hydrogens is 232 g/mol. The average Bonchev–Trinajstić information content (AvgIpc) is 2.54. The molecule has 3 atom stereocenters. The fourth-order valence-electron chi connectivity index (χ4n) is 4.51. The Balaban J connectivity index is 1.99. The van der Waals surface area contributed by atoms with Crippen molar-refractivity contribution < 1.29 is 0 Å². The molecule has 1 aliphatic heterocycles. The van der Waals surface area contributed by atoms with Crippen molar-refractivity contribution in [2.45, 2.75) is 77.8 Å². The van der Waals surface area contributed by atoms with E-state index in [-0.39, 0.29) is 0 Å². The van der Waals surface area contributed by atoms with Crippen LogP contribution in [0, 0.1) is 11.3 Å². The first kappa shape index (κ1) is 15.3. The second-order valence-corrected chi connectivity index (χ2v) is 7.60. The normalized spacial score (nSPS) is 36.9. The van der Waals surface area contributed by atoms with Crippen LogP contribution in [0.2, 0.25) is 0 Å². The zero-order chi connectivity index (χ0) is 13.9. The number of nitrogens with one attached hydrogen (secondary N) is 1. The van der Waals surface area contributed by atoms with Gasteiger partial charge in [-0.05, 0) is 57.5 Å². The quantitative estimate of drug-likeness (QED) is 0.838. The van der Waals surface area contributed by atoms with E-state index in [0.29, 0.717) is 11.5 Å². The van der Waals surface area contributed by atoms with E-state index in [1.54, 1.807) is 0 Å². The summed E-state index contributed by atoms with van der Waals surface area (Å²) in [6.45, 7) is 9.98. The van der Waals surface area contributed by atoms with Gasteiger partial charge in [-0.15, -0.1) is 0 Å². The lowest BCUT2D eigenvalue weighted by Crippen LogP contribution is -2.52. The molecule has 1 aliphatic carbocycles. The molecule has 2 heteroatoms. The standard InChI is InChI=1S/C17H34N2/c1-14-9-6-5-7-12-19(14)13-15-10-8-11-17(2,3)16(15)18-4/h14-16,18H,5-13H2,1-4H3. The average molecular weight is 266 g/mol. The highest BCUT2D eigenvalue weighted by atomic mass is 15.2. The molecule has 1 saturated heterocycles. The largest absolute Gasteiger partial charge is 0.316 e. The van der Waals surface area contributed by atoms with Crippen molar-refractivity contribution in [3.63, 3.8) is 0 Å². The summed E-state index contributed by atoms with van der Waals surface area (Å²) in [4.78, 5) is 2.78. The van der Waals surface area contributed by atoms with E-state index < -0.39 is 0 Å². The molecule has 112 valence electrons. The molecule has 2 nitrogen and oxygen atoms in total. The molecule has 1 heterocycles. The van der Waals surface area contributed by atoms with Crippen molar-refractivity contribution in [1.82, 2.24) is 10.2 Å². The number of hydrogen-bond donors (Lipinski definition) is 1. The summed E-state index contributed by atoms with van der Waals surface area (Å²) in [5, 5.41) is 3.64. The topological polar surface area (TPSA) is 15.3 Å². The highest BCUT2D eigenvalue weighted by molar-refractivity contribution is 4.94. The Morgan fingerprint density at radius 2 is 1.89 bits per heavy atom. The van der Waals surface area contributed by atoms with Crippen molar-refractivity contribution in [2.75, 3.05) is 20.1 Å². The first-order chi connectivity index (χ1) is 9.04. The fraction of sp³-hybridized carbons (Fsp3) is 1.00. The van der Waals surface area contributed by atoms with Gasteiger partial charge in [0.05, 0.1) is 0 Å². The minimum absolute atomic E-state index is 0.465. The molecule has 19 heavy (non-hydrogen) atoms. The highest BCUT2D eigenvalue weighted by Gasteiger charge is 2.38. The molecule has 2 aliphatic rings. The van der Waals surface area contributed by atoms with E-state index in [0.717, 1.165) is 12.0 Å². The molecule has 0 aromatic heterocycles. The number of nitrogens with zero attached hydrogens (tertiary/aromatic N) is 1. The van der Waals surface area contributed by atoms with Crippen LogP contribution in [0.25, 0.3) is 0 Å². The third-order valence-electron chi connectivity index (χ3n) is 5.68. The van der Waals surface area contributed by atoms with E-state index in [2.05, 4.69) is 38.0 Å². The Labute approximate surface area is 120 Å². The molecule has 0 radical (unpaired) electrons. The summed E-state index contributed by atoms with van der Waals surface area (Å²) in [7, 11) is 2.16. The third-order valence-corrected chi connectivity index (χ3v) is 5.68. The van der Waals surface area contributed by atoms with Gasteiger partial charge in [0.2, 0.25) is 0 Å². The van der Waals surface area contributed by atoms with Gasteiger partial charge in [0.25, 0.3) is 0 Å². The van der Waals surface area contributed by atoms with Gasteiger partial charge in [-0.3, -0.25) is 0 Å². The third kappa shape index (κ3) is 3.72. The molecule has 3 unspecified atom stereocenters. The molecule has 2 fully saturated rings. The summed E-state index contributed by atoms with van der Waals surface area (Å²) in [5.74, 6) is 0.842. The van der Waals surface area contributed by atoms with Gasteiger partial charge in [-0.25, -0.2) is 0 Å². The molecule has 0 spiro atoms. The van der Waals surface area contributed by atoms with Crippen molar-refractivity contribution >= 4 is 0 Å². The molecule has 0 aromatic rings. The number of rotatable bonds is 3. The Morgan fingerprint density at radius 1 is 1.11 bits per heavy atom. The van der Waals surface area contributed by atoms with Crippen LogP contribution >= 0.6 is 0 Å². The van der Waals surface area contributed by atoms with Gasteiger partial charge in [0.1, 0.15) is 0 Å². The zero-order valence-corrected chi connectivity index (χ0v) is 13.5. The maximum atomic E-state index is 3.64. The van der Waals surface area contributed by atoms with Gasteiger partial charge in [-0.2, -0.15) is 0 Å². The van der Waals surface area contributed by atoms with Gasteiger partial charge in [0, 0.05) is 18.6 Å². The minimum Gasteiger partial charge on any atom is -0.316 e. The Hall–Kier alpha value is -0.0800. The first-order valence-electron chi connectivity index (χ1n) is 8.46. The van der Waals surface area contributed by atoms with Crippen LogP contribution in [-0.4, -0.2) is 37.1 Å². The lowest BCUT2D eigenvalue weighted by molar-refractivity contribution is 0.0720. The molecule has 1 N–H and O–H groups in total. The zero-order valence-electron chi connectivity index (χ0n) is 13.5. The summed E-state index contributed by atoms with van der Waals surface area (Å²) in [6, 6.07) is 1.49. The van der Waals surface area contributed by atoms with E-state index in [1.807, 2.05) is 0 Å². The lowest BCUT2D eigenvalue weighted by atomic mass is 9.67. The molecule has 1 saturated carbocycles. The van der Waals surface area contributed by atoms with Crippen molar-refractivity contribution in [3.05, 3.63) is 0 Å². The van der Waals surface area contributed by atoms with Gasteiger partial charge in [-0.1, -0.05) is 33.1 Å². The van der Waals surface area contributed by atoms with E-state index in [9.17, 15) is 0 Å². The van der Waals surface area contributed by atoms with Crippen molar-refractivity contribution in [3.8, 4) is 0 Å². The fourth-order valence-corrected chi connectivity index (χ4v) is 4.51. The van der Waals surface area contributed by atoms with E-state index in [1.165, 1.54) is 58.0 Å². The molecule has 2 rings (SSSR count). The lowest BCUT2D eigenvalue weighted by Gasteiger charge is -2.46. The van der Waals surface area contributed by atoms with Crippen LogP contribution in [-0.2, 0) is 0 Å². The van der Waals surface area contributed by atoms with Gasteiger partial charge in [0.15, 0.2) is 0 Å². The molecule has 0 amide bonds. The smallest absolute Gasteiger partial charge is 0.0156 e. The molecule has 0 aromatic carbocycles. The summed E-state index contributed by atoms with van der Waals surface area (Å²) in [6.07, 6.45) is 9.89. The van der Waals surface area contributed by atoms with Gasteiger partial charge >= 0.3 is 0 Å². The second kappa shape index (κ2) is 6.58. The van der Waals surface area contributed by atoms with Crippen LogP contribution in [0.1, 0.15) is 65.7 Å². The molecular formula is C17H34N2. The Kier molecular flexibility index (Phi) is 5.30. The number of likely N-dealkylation sites (tertiary alicyclic amines) is 1. The SMILES string of the molecule is CNC1C(CN2CCCCCC2C)CCCC1(C)C. The number of hydrogen-bond acceptors (Lipinski definition) is 2. The predicted molar refractivity (Wildman–Crippen MR) is 83.5 cm³/mol. The molecule has 0 bridgehead atoms.